The number of halogens is 2. The van der Waals surface area contributed by atoms with Crippen LogP contribution in [0.5, 0.6) is 0 Å². The Morgan fingerprint density at radius 1 is 1.06 bits per heavy atom. The second-order valence-corrected chi connectivity index (χ2v) is 8.63. The van der Waals surface area contributed by atoms with Gasteiger partial charge >= 0.3 is 0 Å². The summed E-state index contributed by atoms with van der Waals surface area (Å²) in [7, 11) is 1.67. The molecule has 0 aliphatic carbocycles. The Morgan fingerprint density at radius 3 is 2.33 bits per heavy atom. The fourth-order valence-electron chi connectivity index (χ4n) is 4.12. The summed E-state index contributed by atoms with van der Waals surface area (Å²) < 4.78 is 30.0. The van der Waals surface area contributed by atoms with Gasteiger partial charge in [0.05, 0.1) is 11.9 Å². The smallest absolute Gasteiger partial charge is 0.276 e. The molecule has 0 fully saturated rings. The van der Waals surface area contributed by atoms with E-state index in [1.807, 2.05) is 0 Å². The lowest BCUT2D eigenvalue weighted by molar-refractivity contribution is -0.118. The van der Waals surface area contributed by atoms with E-state index in [0.29, 0.717) is 43.2 Å². The van der Waals surface area contributed by atoms with E-state index in [1.54, 1.807) is 18.9 Å². The largest absolute Gasteiger partial charge is 0.333 e. The van der Waals surface area contributed by atoms with Gasteiger partial charge in [0.15, 0.2) is 17.3 Å². The summed E-state index contributed by atoms with van der Waals surface area (Å²) in [6, 6.07) is 2.45. The highest BCUT2D eigenvalue weighted by Gasteiger charge is 2.26. The fourth-order valence-corrected chi connectivity index (χ4v) is 4.12. The number of aryl methyl sites for hydroxylation is 1. The maximum Gasteiger partial charge on any atom is 0.276 e. The zero-order chi connectivity index (χ0) is 24.1. The third kappa shape index (κ3) is 5.93. The van der Waals surface area contributed by atoms with Crippen molar-refractivity contribution in [3.05, 3.63) is 41.2 Å². The number of nitrogens with zero attached hydrogens (tertiary/aromatic N) is 6. The first kappa shape index (κ1) is 24.8. The second kappa shape index (κ2) is 10.8. The molecule has 1 aromatic carbocycles. The maximum absolute atomic E-state index is 14.3. The van der Waals surface area contributed by atoms with Crippen LogP contribution in [0.15, 0.2) is 18.3 Å². The molecule has 2 heterocycles. The second-order valence-electron chi connectivity index (χ2n) is 8.63. The molecule has 1 aromatic heterocycles. The molecule has 0 unspecified atom stereocenters. The molecule has 0 radical (unpaired) electrons. The van der Waals surface area contributed by atoms with Crippen LogP contribution in [0.2, 0.25) is 0 Å². The lowest BCUT2D eigenvalue weighted by Gasteiger charge is -2.32. The molecule has 3 rings (SSSR count). The Kier molecular flexibility index (Phi) is 8.12. The number of hydrogen-bond acceptors (Lipinski definition) is 5. The molecule has 1 aliphatic rings. The molecular weight excluding hydrogens is 430 g/mol. The molecule has 0 saturated heterocycles. The summed E-state index contributed by atoms with van der Waals surface area (Å²) in [5.74, 6) is -2.56. The first-order valence-electron chi connectivity index (χ1n) is 11.4. The maximum atomic E-state index is 14.3. The van der Waals surface area contributed by atoms with E-state index < -0.39 is 11.6 Å². The fraction of sp³-hybridized carbons (Fsp3) is 0.565. The molecule has 0 spiro atoms. The minimum Gasteiger partial charge on any atom is -0.333 e. The van der Waals surface area contributed by atoms with Gasteiger partial charge in [0.2, 0.25) is 5.91 Å². The van der Waals surface area contributed by atoms with Crippen molar-refractivity contribution in [3.8, 4) is 0 Å². The predicted octanol–water partition coefficient (Wildman–Crippen LogP) is 2.98. The van der Waals surface area contributed by atoms with Crippen molar-refractivity contribution in [3.63, 3.8) is 0 Å². The van der Waals surface area contributed by atoms with Crippen molar-refractivity contribution in [1.82, 2.24) is 24.8 Å². The van der Waals surface area contributed by atoms with E-state index in [9.17, 15) is 18.4 Å². The number of fused-ring (bicyclic) bond motifs is 1. The third-order valence-corrected chi connectivity index (χ3v) is 5.92. The molecule has 33 heavy (non-hydrogen) atoms. The zero-order valence-electron chi connectivity index (χ0n) is 19.7. The average molecular weight is 463 g/mol. The molecule has 1 aliphatic heterocycles. The molecule has 10 heteroatoms. The summed E-state index contributed by atoms with van der Waals surface area (Å²) in [6.45, 7) is 8.29. The van der Waals surface area contributed by atoms with Crippen LogP contribution in [0.1, 0.15) is 56.1 Å². The lowest BCUT2D eigenvalue weighted by atomic mass is 10.1. The summed E-state index contributed by atoms with van der Waals surface area (Å²) in [5.41, 5.74) is 0.861. The van der Waals surface area contributed by atoms with E-state index in [0.717, 1.165) is 25.2 Å². The van der Waals surface area contributed by atoms with E-state index in [4.69, 9.17) is 0 Å². The van der Waals surface area contributed by atoms with E-state index in [-0.39, 0.29) is 30.5 Å². The number of aromatic nitrogens is 3. The highest BCUT2D eigenvalue weighted by molar-refractivity contribution is 5.94. The van der Waals surface area contributed by atoms with E-state index >= 15 is 0 Å². The number of carbonyl (C=O) groups is 2. The van der Waals surface area contributed by atoms with Crippen molar-refractivity contribution < 1.29 is 18.4 Å². The van der Waals surface area contributed by atoms with Crippen LogP contribution in [0, 0.1) is 11.6 Å². The van der Waals surface area contributed by atoms with Crippen LogP contribution in [0.3, 0.4) is 0 Å². The Labute approximate surface area is 193 Å². The van der Waals surface area contributed by atoms with Gasteiger partial charge in [-0.1, -0.05) is 12.1 Å². The molecule has 8 nitrogen and oxygen atoms in total. The molecule has 0 saturated carbocycles. The van der Waals surface area contributed by atoms with E-state index in [2.05, 4.69) is 29.1 Å². The molecule has 0 N–H and O–H groups in total. The lowest BCUT2D eigenvalue weighted by Crippen LogP contribution is -2.40. The summed E-state index contributed by atoms with van der Waals surface area (Å²) in [4.78, 5) is 31.4. The SMILES string of the molecule is CCC(=O)N1CCCN(C(C)C)CCCN(C(=O)c2cn(C)nn2)Cc2cc(F)c(F)cc21. The Morgan fingerprint density at radius 2 is 1.73 bits per heavy atom. The molecule has 2 amide bonds. The van der Waals surface area contributed by atoms with Gasteiger partial charge in [-0.2, -0.15) is 0 Å². The number of anilines is 1. The normalized spacial score (nSPS) is 16.3. The first-order valence-corrected chi connectivity index (χ1v) is 11.4. The standard InChI is InChI=1S/C23H32F2N6O2/c1-5-22(32)31-11-7-9-29(16(2)3)8-6-10-30(23(33)20-15-28(4)27-26-20)14-17-12-18(24)19(25)13-21(17)31/h12-13,15-16H,5-11,14H2,1-4H3. The Hall–Kier alpha value is -2.88. The quantitative estimate of drug-likeness (QED) is 0.701. The average Bonchev–Trinajstić information content (AvgIpc) is 3.21. The van der Waals surface area contributed by atoms with Crippen LogP contribution in [-0.4, -0.2) is 68.8 Å². The van der Waals surface area contributed by atoms with Crippen molar-refractivity contribution >= 4 is 17.5 Å². The number of hydrogen-bond donors (Lipinski definition) is 0. The van der Waals surface area contributed by atoms with Crippen LogP contribution in [0.25, 0.3) is 0 Å². The predicted molar refractivity (Wildman–Crippen MR) is 121 cm³/mol. The van der Waals surface area contributed by atoms with Gasteiger partial charge in [-0.3, -0.25) is 14.3 Å². The highest BCUT2D eigenvalue weighted by atomic mass is 19.2. The molecule has 0 bridgehead atoms. The summed E-state index contributed by atoms with van der Waals surface area (Å²) >= 11 is 0. The Bertz CT molecular complexity index is 993. The van der Waals surface area contributed by atoms with Crippen molar-refractivity contribution in [2.75, 3.05) is 31.1 Å². The number of amides is 2. The monoisotopic (exact) mass is 462 g/mol. The van der Waals surface area contributed by atoms with Gasteiger partial charge in [0.25, 0.3) is 5.91 Å². The minimum absolute atomic E-state index is 0.0249. The van der Waals surface area contributed by atoms with Gasteiger partial charge in [0, 0.05) is 58.3 Å². The molecular formula is C23H32F2N6O2. The van der Waals surface area contributed by atoms with Crippen molar-refractivity contribution in [1.29, 1.82) is 0 Å². The van der Waals surface area contributed by atoms with Gasteiger partial charge in [-0.15, -0.1) is 5.10 Å². The van der Waals surface area contributed by atoms with Crippen molar-refractivity contribution in [2.45, 2.75) is 52.6 Å². The van der Waals surface area contributed by atoms with Gasteiger partial charge in [-0.05, 0) is 38.3 Å². The molecule has 0 atom stereocenters. The van der Waals surface area contributed by atoms with Crippen LogP contribution < -0.4 is 4.90 Å². The van der Waals surface area contributed by atoms with Crippen LogP contribution in [0.4, 0.5) is 14.5 Å². The van der Waals surface area contributed by atoms with Gasteiger partial charge in [0.1, 0.15) is 0 Å². The number of rotatable bonds is 3. The number of benzene rings is 1. The summed E-state index contributed by atoms with van der Waals surface area (Å²) in [6.07, 6.45) is 3.16. The van der Waals surface area contributed by atoms with Gasteiger partial charge in [-0.25, -0.2) is 8.78 Å². The topological polar surface area (TPSA) is 74.6 Å². The van der Waals surface area contributed by atoms with Crippen LogP contribution in [-0.2, 0) is 18.4 Å². The molecule has 180 valence electrons. The van der Waals surface area contributed by atoms with Crippen LogP contribution >= 0.6 is 0 Å². The molecule has 2 aromatic rings. The van der Waals surface area contributed by atoms with Crippen molar-refractivity contribution in [2.24, 2.45) is 7.05 Å². The summed E-state index contributed by atoms with van der Waals surface area (Å²) in [5, 5.41) is 7.76. The minimum atomic E-state index is -1.02. The third-order valence-electron chi connectivity index (χ3n) is 5.92. The zero-order valence-corrected chi connectivity index (χ0v) is 19.7. The number of carbonyl (C=O) groups excluding carboxylic acids is 2. The van der Waals surface area contributed by atoms with E-state index in [1.165, 1.54) is 15.8 Å². The van der Waals surface area contributed by atoms with Gasteiger partial charge < -0.3 is 14.7 Å². The highest BCUT2D eigenvalue weighted by Crippen LogP contribution is 2.28. The first-order chi connectivity index (χ1) is 15.7. The Balaban J connectivity index is 2.05.